The van der Waals surface area contributed by atoms with Crippen molar-refractivity contribution in [3.63, 3.8) is 0 Å². The van der Waals surface area contributed by atoms with Gasteiger partial charge in [-0.05, 0) is 38.7 Å². The van der Waals surface area contributed by atoms with Gasteiger partial charge in [-0.15, -0.1) is 0 Å². The molecule has 0 atom stereocenters. The molecule has 0 saturated carbocycles. The summed E-state index contributed by atoms with van der Waals surface area (Å²) in [5.74, 6) is 0.493. The van der Waals surface area contributed by atoms with E-state index in [2.05, 4.69) is 18.1 Å². The first-order valence-corrected chi connectivity index (χ1v) is 4.34. The maximum atomic E-state index is 5.47. The monoisotopic (exact) mass is 186 g/mol. The summed E-state index contributed by atoms with van der Waals surface area (Å²) < 4.78 is 0. The summed E-state index contributed by atoms with van der Waals surface area (Å²) in [4.78, 5) is 0. The first-order valence-electron chi connectivity index (χ1n) is 3.70. The first kappa shape index (κ1) is 11.4. The molecule has 0 heterocycles. The van der Waals surface area contributed by atoms with Gasteiger partial charge in [0, 0.05) is 5.70 Å². The molecular formula is C8H16N3S-. The summed E-state index contributed by atoms with van der Waals surface area (Å²) in [6.07, 6.45) is 3.77. The van der Waals surface area contributed by atoms with Crippen LogP contribution in [0, 0.1) is 0 Å². The molecule has 12 heavy (non-hydrogen) atoms. The molecular weight excluding hydrogens is 170 g/mol. The summed E-state index contributed by atoms with van der Waals surface area (Å²) in [5.41, 5.74) is 11.4. The van der Waals surface area contributed by atoms with Crippen molar-refractivity contribution in [3.05, 3.63) is 29.0 Å². The largest absolute Gasteiger partial charge is 0.560 e. The van der Waals surface area contributed by atoms with Gasteiger partial charge in [0.15, 0.2) is 0 Å². The van der Waals surface area contributed by atoms with Crippen LogP contribution >= 0.6 is 12.6 Å². The van der Waals surface area contributed by atoms with Crippen molar-refractivity contribution in [2.24, 2.45) is 5.73 Å². The van der Waals surface area contributed by atoms with Crippen molar-refractivity contribution in [2.75, 3.05) is 12.9 Å². The third-order valence-electron chi connectivity index (χ3n) is 1.37. The Labute approximate surface area is 79.7 Å². The molecule has 0 aromatic carbocycles. The topological polar surface area (TPSA) is 43.4 Å². The number of nitrogens with two attached hydrogens (primary N) is 1. The Morgan fingerprint density at radius 1 is 1.50 bits per heavy atom. The zero-order valence-corrected chi connectivity index (χ0v) is 8.68. The highest BCUT2D eigenvalue weighted by Gasteiger charge is 1.84. The third kappa shape index (κ3) is 5.09. The lowest BCUT2D eigenvalue weighted by Crippen LogP contribution is -2.09. The van der Waals surface area contributed by atoms with E-state index >= 15 is 0 Å². The highest BCUT2D eigenvalue weighted by atomic mass is 32.1. The molecule has 0 aliphatic rings. The average Bonchev–Trinajstić information content (AvgIpc) is 2.00. The van der Waals surface area contributed by atoms with E-state index in [-0.39, 0.29) is 0 Å². The van der Waals surface area contributed by atoms with Crippen LogP contribution in [0.3, 0.4) is 0 Å². The number of nitrogens with zero attached hydrogens (tertiary/aromatic N) is 2. The van der Waals surface area contributed by atoms with Gasteiger partial charge in [-0.3, -0.25) is 0 Å². The SMILES string of the molecule is C/C(N)=C\C=C(/C)N(C)[N-]CS. The predicted molar refractivity (Wildman–Crippen MR) is 56.7 cm³/mol. The Balaban J connectivity index is 4.08. The van der Waals surface area contributed by atoms with Crippen LogP contribution in [0.5, 0.6) is 0 Å². The molecule has 70 valence electrons. The minimum Gasteiger partial charge on any atom is -0.560 e. The summed E-state index contributed by atoms with van der Waals surface area (Å²) in [6.45, 7) is 3.81. The molecule has 2 N–H and O–H groups in total. The number of allylic oxidation sites excluding steroid dienone is 4. The van der Waals surface area contributed by atoms with Crippen molar-refractivity contribution >= 4 is 12.6 Å². The molecule has 4 heteroatoms. The van der Waals surface area contributed by atoms with Gasteiger partial charge in [-0.2, -0.15) is 0 Å². The van der Waals surface area contributed by atoms with Gasteiger partial charge in [-0.25, -0.2) is 12.6 Å². The molecule has 0 aliphatic heterocycles. The van der Waals surface area contributed by atoms with Crippen LogP contribution in [-0.2, 0) is 0 Å². The Morgan fingerprint density at radius 2 is 2.08 bits per heavy atom. The van der Waals surface area contributed by atoms with Crippen molar-refractivity contribution < 1.29 is 0 Å². The van der Waals surface area contributed by atoms with Crippen LogP contribution in [-0.4, -0.2) is 17.9 Å². The van der Waals surface area contributed by atoms with Crippen molar-refractivity contribution in [2.45, 2.75) is 13.8 Å². The Hall–Kier alpha value is -0.610. The van der Waals surface area contributed by atoms with E-state index in [1.165, 1.54) is 0 Å². The van der Waals surface area contributed by atoms with Crippen LogP contribution in [0.2, 0.25) is 0 Å². The number of rotatable bonds is 4. The fourth-order valence-electron chi connectivity index (χ4n) is 0.566. The zero-order chi connectivity index (χ0) is 9.56. The van der Waals surface area contributed by atoms with Gasteiger partial charge in [0.05, 0.1) is 0 Å². The number of hydrogen-bond acceptors (Lipinski definition) is 3. The number of hydrogen-bond donors (Lipinski definition) is 2. The van der Waals surface area contributed by atoms with Crippen LogP contribution in [0.15, 0.2) is 23.5 Å². The fraction of sp³-hybridized carbons (Fsp3) is 0.500. The number of thiol groups is 1. The highest BCUT2D eigenvalue weighted by molar-refractivity contribution is 7.80. The lowest BCUT2D eigenvalue weighted by atomic mass is 10.3. The normalized spacial score (nSPS) is 13.3. The molecule has 0 unspecified atom stereocenters. The molecule has 0 spiro atoms. The van der Waals surface area contributed by atoms with E-state index in [0.29, 0.717) is 5.88 Å². The second kappa shape index (κ2) is 5.97. The lowest BCUT2D eigenvalue weighted by molar-refractivity contribution is 0.528. The van der Waals surface area contributed by atoms with Gasteiger partial charge in [0.25, 0.3) is 0 Å². The molecule has 0 aromatic rings. The van der Waals surface area contributed by atoms with Crippen LogP contribution in [0.25, 0.3) is 5.43 Å². The van der Waals surface area contributed by atoms with E-state index in [1.807, 2.05) is 33.0 Å². The molecule has 0 bridgehead atoms. The van der Waals surface area contributed by atoms with Crippen molar-refractivity contribution in [1.82, 2.24) is 5.01 Å². The fourth-order valence-corrected chi connectivity index (χ4v) is 0.756. The van der Waals surface area contributed by atoms with Crippen molar-refractivity contribution in [1.29, 1.82) is 0 Å². The summed E-state index contributed by atoms with van der Waals surface area (Å²) in [5, 5.41) is 1.77. The minimum absolute atomic E-state index is 0.493. The van der Waals surface area contributed by atoms with E-state index in [4.69, 9.17) is 5.73 Å². The summed E-state index contributed by atoms with van der Waals surface area (Å²) in [6, 6.07) is 0. The van der Waals surface area contributed by atoms with Crippen LogP contribution < -0.4 is 5.73 Å². The van der Waals surface area contributed by atoms with E-state index in [1.54, 1.807) is 5.01 Å². The standard InChI is InChI=1S/C8H16N3S/c1-7(9)4-5-8(2)11(3)10-6-12/h4-5,12H,6,9H2,1-3H3/q-1/b7-4+,8-5+. The molecule has 0 aliphatic carbocycles. The summed E-state index contributed by atoms with van der Waals surface area (Å²) >= 11 is 3.99. The highest BCUT2D eigenvalue weighted by Crippen LogP contribution is 2.06. The molecule has 3 nitrogen and oxygen atoms in total. The van der Waals surface area contributed by atoms with E-state index < -0.39 is 0 Å². The van der Waals surface area contributed by atoms with Crippen molar-refractivity contribution in [3.8, 4) is 0 Å². The minimum atomic E-state index is 0.493. The Kier molecular flexibility index (Phi) is 5.66. The summed E-state index contributed by atoms with van der Waals surface area (Å²) in [7, 11) is 1.88. The van der Waals surface area contributed by atoms with Crippen LogP contribution in [0.1, 0.15) is 13.8 Å². The molecule has 0 fully saturated rings. The Morgan fingerprint density at radius 3 is 2.50 bits per heavy atom. The zero-order valence-electron chi connectivity index (χ0n) is 7.78. The molecule has 0 radical (unpaired) electrons. The predicted octanol–water partition coefficient (Wildman–Crippen LogP) is 1.86. The first-order chi connectivity index (χ1) is 5.57. The van der Waals surface area contributed by atoms with Gasteiger partial charge < -0.3 is 16.2 Å². The quantitative estimate of drug-likeness (QED) is 0.400. The van der Waals surface area contributed by atoms with Gasteiger partial charge in [0.1, 0.15) is 0 Å². The lowest BCUT2D eigenvalue weighted by Gasteiger charge is -2.34. The van der Waals surface area contributed by atoms with Gasteiger partial charge in [0.2, 0.25) is 0 Å². The van der Waals surface area contributed by atoms with E-state index in [0.717, 1.165) is 11.4 Å². The maximum absolute atomic E-state index is 5.47. The van der Waals surface area contributed by atoms with Crippen LogP contribution in [0.4, 0.5) is 0 Å². The van der Waals surface area contributed by atoms with E-state index in [9.17, 15) is 0 Å². The Bertz CT molecular complexity index is 183. The second-order valence-corrected chi connectivity index (χ2v) is 2.81. The smallest absolute Gasteiger partial charge is 0.00495 e. The maximum Gasteiger partial charge on any atom is 0.00495 e. The molecule has 0 amide bonds. The molecule has 0 saturated heterocycles. The third-order valence-corrected chi connectivity index (χ3v) is 1.50. The van der Waals surface area contributed by atoms with Gasteiger partial charge in [-0.1, -0.05) is 5.88 Å². The van der Waals surface area contributed by atoms with Gasteiger partial charge >= 0.3 is 0 Å². The second-order valence-electron chi connectivity index (χ2n) is 2.53. The average molecular weight is 186 g/mol. The molecule has 0 rings (SSSR count). The molecule has 0 aromatic heterocycles.